The highest BCUT2D eigenvalue weighted by Gasteiger charge is 2.23. The fourth-order valence-electron chi connectivity index (χ4n) is 3.09. The van der Waals surface area contributed by atoms with Gasteiger partial charge < -0.3 is 4.74 Å². The number of hydrogen-bond donors (Lipinski definition) is 1. The monoisotopic (exact) mass is 447 g/mol. The summed E-state index contributed by atoms with van der Waals surface area (Å²) in [5, 5.41) is 12.3. The number of methoxy groups -OCH3 is 1. The third-order valence-electron chi connectivity index (χ3n) is 4.57. The molecule has 1 atom stereocenters. The van der Waals surface area contributed by atoms with E-state index in [2.05, 4.69) is 15.5 Å². The molecule has 0 aliphatic rings. The molecule has 0 aliphatic heterocycles. The number of nitrogens with one attached hydrogen (secondary N) is 1. The summed E-state index contributed by atoms with van der Waals surface area (Å²) in [6, 6.07) is 27.5. The molecule has 5 nitrogen and oxygen atoms in total. The number of rotatable bonds is 8. The number of nitrogens with zero attached hydrogens (tertiary/aromatic N) is 2. The molecule has 1 heterocycles. The van der Waals surface area contributed by atoms with Crippen LogP contribution in [0.4, 0.5) is 5.13 Å². The van der Waals surface area contributed by atoms with Gasteiger partial charge in [0.2, 0.25) is 11.0 Å². The van der Waals surface area contributed by atoms with E-state index in [1.807, 2.05) is 84.9 Å². The van der Waals surface area contributed by atoms with Crippen molar-refractivity contribution < 1.29 is 9.53 Å². The Labute approximate surface area is 189 Å². The topological polar surface area (TPSA) is 64.1 Å². The van der Waals surface area contributed by atoms with Crippen LogP contribution in [0.15, 0.2) is 89.8 Å². The Morgan fingerprint density at radius 3 is 2.39 bits per heavy atom. The second kappa shape index (κ2) is 10.2. The predicted molar refractivity (Wildman–Crippen MR) is 126 cm³/mol. The zero-order valence-corrected chi connectivity index (χ0v) is 18.5. The first-order valence-electron chi connectivity index (χ1n) is 9.74. The van der Waals surface area contributed by atoms with Crippen LogP contribution >= 0.6 is 23.1 Å². The fourth-order valence-corrected chi connectivity index (χ4v) is 4.91. The molecule has 1 amide bonds. The highest BCUT2D eigenvalue weighted by atomic mass is 32.2. The van der Waals surface area contributed by atoms with Crippen molar-refractivity contribution in [1.82, 2.24) is 10.2 Å². The van der Waals surface area contributed by atoms with Gasteiger partial charge in [-0.1, -0.05) is 78.1 Å². The quantitative estimate of drug-likeness (QED) is 0.356. The molecule has 0 bridgehead atoms. The van der Waals surface area contributed by atoms with Gasteiger partial charge in [0.25, 0.3) is 0 Å². The van der Waals surface area contributed by atoms with Crippen molar-refractivity contribution in [2.24, 2.45) is 0 Å². The number of para-hydroxylation sites is 1. The van der Waals surface area contributed by atoms with E-state index in [-0.39, 0.29) is 5.91 Å². The molecule has 0 saturated carbocycles. The number of carbonyl (C=O) groups excluding carboxylic acids is 1. The molecule has 4 rings (SSSR count). The second-order valence-corrected chi connectivity index (χ2v) is 8.94. The molecule has 1 N–H and O–H groups in total. The third-order valence-corrected chi connectivity index (χ3v) is 6.67. The lowest BCUT2D eigenvalue weighted by Crippen LogP contribution is -2.18. The van der Waals surface area contributed by atoms with Crippen molar-refractivity contribution >= 4 is 34.1 Å². The summed E-state index contributed by atoms with van der Waals surface area (Å²) in [6.07, 6.45) is 0.596. The molecule has 0 fully saturated rings. The van der Waals surface area contributed by atoms with Crippen molar-refractivity contribution in [3.05, 3.63) is 101 Å². The maximum Gasteiger partial charge on any atom is 0.244 e. The Morgan fingerprint density at radius 2 is 1.65 bits per heavy atom. The smallest absolute Gasteiger partial charge is 0.244 e. The van der Waals surface area contributed by atoms with Crippen LogP contribution in [0.2, 0.25) is 0 Å². The first-order valence-corrected chi connectivity index (χ1v) is 11.4. The van der Waals surface area contributed by atoms with E-state index in [9.17, 15) is 4.79 Å². The molecule has 156 valence electrons. The maximum absolute atomic E-state index is 13.2. The molecule has 0 saturated heterocycles. The van der Waals surface area contributed by atoms with Crippen molar-refractivity contribution in [2.45, 2.75) is 16.6 Å². The van der Waals surface area contributed by atoms with Crippen LogP contribution < -0.4 is 10.1 Å². The number of carbonyl (C=O) groups is 1. The Kier molecular flexibility index (Phi) is 6.96. The zero-order valence-electron chi connectivity index (χ0n) is 16.9. The average Bonchev–Trinajstić information content (AvgIpc) is 3.25. The van der Waals surface area contributed by atoms with Gasteiger partial charge in [0.1, 0.15) is 16.0 Å². The van der Waals surface area contributed by atoms with Crippen LogP contribution in [0, 0.1) is 0 Å². The van der Waals surface area contributed by atoms with Crippen LogP contribution in [-0.2, 0) is 11.2 Å². The summed E-state index contributed by atoms with van der Waals surface area (Å²) in [4.78, 5) is 14.2. The number of amides is 1. The summed E-state index contributed by atoms with van der Waals surface area (Å²) < 4.78 is 5.41. The second-order valence-electron chi connectivity index (χ2n) is 6.70. The molecular weight excluding hydrogens is 426 g/mol. The molecule has 4 aromatic rings. The minimum Gasteiger partial charge on any atom is -0.496 e. The van der Waals surface area contributed by atoms with Gasteiger partial charge in [-0.3, -0.25) is 10.1 Å². The van der Waals surface area contributed by atoms with E-state index >= 15 is 0 Å². The van der Waals surface area contributed by atoms with Gasteiger partial charge in [0, 0.05) is 16.9 Å². The van der Waals surface area contributed by atoms with Crippen LogP contribution in [0.3, 0.4) is 0 Å². The number of benzene rings is 3. The predicted octanol–water partition coefficient (Wildman–Crippen LogP) is 5.61. The summed E-state index contributed by atoms with van der Waals surface area (Å²) in [7, 11) is 1.65. The van der Waals surface area contributed by atoms with Crippen LogP contribution in [0.25, 0.3) is 0 Å². The van der Waals surface area contributed by atoms with E-state index in [1.54, 1.807) is 7.11 Å². The molecule has 0 radical (unpaired) electrons. The van der Waals surface area contributed by atoms with Crippen molar-refractivity contribution in [3.63, 3.8) is 0 Å². The molecular formula is C24H21N3O2S2. The maximum atomic E-state index is 13.2. The number of aromatic nitrogens is 2. The molecule has 0 spiro atoms. The minimum atomic E-state index is -0.398. The summed E-state index contributed by atoms with van der Waals surface area (Å²) in [6.45, 7) is 0. The van der Waals surface area contributed by atoms with Crippen molar-refractivity contribution in [1.29, 1.82) is 0 Å². The molecule has 7 heteroatoms. The minimum absolute atomic E-state index is 0.125. The van der Waals surface area contributed by atoms with Crippen molar-refractivity contribution in [2.75, 3.05) is 12.4 Å². The largest absolute Gasteiger partial charge is 0.496 e. The van der Waals surface area contributed by atoms with Gasteiger partial charge in [0.05, 0.1) is 7.11 Å². The van der Waals surface area contributed by atoms with Crippen LogP contribution in [0.5, 0.6) is 5.75 Å². The first-order chi connectivity index (χ1) is 15.2. The number of anilines is 1. The zero-order chi connectivity index (χ0) is 21.5. The van der Waals surface area contributed by atoms with Gasteiger partial charge in [-0.25, -0.2) is 0 Å². The van der Waals surface area contributed by atoms with E-state index in [1.165, 1.54) is 23.1 Å². The van der Waals surface area contributed by atoms with Crippen LogP contribution in [0.1, 0.15) is 21.4 Å². The Balaban J connectivity index is 1.50. The van der Waals surface area contributed by atoms with E-state index < -0.39 is 5.25 Å². The van der Waals surface area contributed by atoms with E-state index in [0.29, 0.717) is 11.6 Å². The van der Waals surface area contributed by atoms with Gasteiger partial charge in [0.15, 0.2) is 0 Å². The normalized spacial score (nSPS) is 11.6. The third kappa shape index (κ3) is 5.51. The van der Waals surface area contributed by atoms with E-state index in [4.69, 9.17) is 4.74 Å². The number of hydrogen-bond acceptors (Lipinski definition) is 6. The highest BCUT2D eigenvalue weighted by molar-refractivity contribution is 8.00. The van der Waals surface area contributed by atoms with Gasteiger partial charge >= 0.3 is 0 Å². The van der Waals surface area contributed by atoms with Crippen molar-refractivity contribution in [3.8, 4) is 5.75 Å². The molecule has 31 heavy (non-hydrogen) atoms. The molecule has 0 aliphatic carbocycles. The lowest BCUT2D eigenvalue weighted by atomic mass is 10.1. The SMILES string of the molecule is COc1ccccc1Cc1nnc(NC(=O)C(Sc2ccccc2)c2ccccc2)s1. The van der Waals surface area contributed by atoms with Gasteiger partial charge in [-0.15, -0.1) is 22.0 Å². The summed E-state index contributed by atoms with van der Waals surface area (Å²) in [5.74, 6) is 0.687. The Morgan fingerprint density at radius 1 is 0.968 bits per heavy atom. The lowest BCUT2D eigenvalue weighted by molar-refractivity contribution is -0.115. The standard InChI is InChI=1S/C24H21N3O2S2/c1-29-20-15-9-8-12-18(20)16-21-26-27-24(31-21)25-23(28)22(17-10-4-2-5-11-17)30-19-13-6-3-7-14-19/h2-15,22H,16H2,1H3,(H,25,27,28). The van der Waals surface area contributed by atoms with Gasteiger partial charge in [-0.05, 0) is 23.8 Å². The van der Waals surface area contributed by atoms with E-state index in [0.717, 1.165) is 26.8 Å². The average molecular weight is 448 g/mol. The molecule has 1 aromatic heterocycles. The Hall–Kier alpha value is -3.16. The fraction of sp³-hybridized carbons (Fsp3) is 0.125. The highest BCUT2D eigenvalue weighted by Crippen LogP contribution is 2.36. The van der Waals surface area contributed by atoms with Crippen LogP contribution in [-0.4, -0.2) is 23.2 Å². The summed E-state index contributed by atoms with van der Waals surface area (Å²) in [5.41, 5.74) is 1.97. The summed E-state index contributed by atoms with van der Waals surface area (Å²) >= 11 is 2.89. The Bertz CT molecular complexity index is 1130. The van der Waals surface area contributed by atoms with Gasteiger partial charge in [-0.2, -0.15) is 0 Å². The number of thioether (sulfide) groups is 1. The molecule has 3 aromatic carbocycles. The number of ether oxygens (including phenoxy) is 1. The molecule has 1 unspecified atom stereocenters. The lowest BCUT2D eigenvalue weighted by Gasteiger charge is -2.16. The first kappa shape index (κ1) is 21.1.